The zero-order valence-corrected chi connectivity index (χ0v) is 15.9. The molecule has 0 saturated carbocycles. The van der Waals surface area contributed by atoms with E-state index in [0.29, 0.717) is 23.7 Å². The third kappa shape index (κ3) is 4.57. The average molecular weight is 379 g/mol. The van der Waals surface area contributed by atoms with E-state index in [1.807, 2.05) is 6.92 Å². The van der Waals surface area contributed by atoms with Gasteiger partial charge in [0, 0.05) is 5.56 Å². The Kier molecular flexibility index (Phi) is 6.68. The number of para-hydroxylation sites is 1. The number of benzene rings is 1. The van der Waals surface area contributed by atoms with Crippen molar-refractivity contribution in [3.63, 3.8) is 0 Å². The number of hydrogen-bond donors (Lipinski definition) is 0. The highest BCUT2D eigenvalue weighted by molar-refractivity contribution is 8.18. The molecule has 0 unspecified atom stereocenters. The van der Waals surface area contributed by atoms with Gasteiger partial charge in [-0.2, -0.15) is 0 Å². The molecule has 140 valence electrons. The molecule has 0 N–H and O–H groups in total. The van der Waals surface area contributed by atoms with Gasteiger partial charge in [-0.3, -0.25) is 19.3 Å². The summed E-state index contributed by atoms with van der Waals surface area (Å²) >= 11 is 0.772. The van der Waals surface area contributed by atoms with Gasteiger partial charge in [0.1, 0.15) is 6.54 Å². The molecular weight excluding hydrogens is 358 g/mol. The van der Waals surface area contributed by atoms with Crippen molar-refractivity contribution in [1.82, 2.24) is 4.90 Å². The minimum absolute atomic E-state index is 0.210. The van der Waals surface area contributed by atoms with E-state index >= 15 is 0 Å². The lowest BCUT2D eigenvalue weighted by Crippen LogP contribution is -2.35. The number of rotatable bonds is 7. The molecule has 0 aromatic heterocycles. The predicted molar refractivity (Wildman–Crippen MR) is 98.1 cm³/mol. The average Bonchev–Trinajstić information content (AvgIpc) is 2.83. The molecule has 0 radical (unpaired) electrons. The Bertz CT molecular complexity index is 743. The fraction of sp³-hybridized carbons (Fsp3) is 0.389. The molecule has 26 heavy (non-hydrogen) atoms. The van der Waals surface area contributed by atoms with Crippen LogP contribution < -0.4 is 9.47 Å². The zero-order chi connectivity index (χ0) is 19.3. The Balaban J connectivity index is 2.26. The molecule has 1 aromatic rings. The molecule has 8 heteroatoms. The summed E-state index contributed by atoms with van der Waals surface area (Å²) in [4.78, 5) is 37.4. The first-order chi connectivity index (χ1) is 12.4. The van der Waals surface area contributed by atoms with Crippen LogP contribution in [0.15, 0.2) is 23.1 Å². The Morgan fingerprint density at radius 3 is 2.65 bits per heavy atom. The van der Waals surface area contributed by atoms with Gasteiger partial charge in [-0.15, -0.1) is 0 Å². The van der Waals surface area contributed by atoms with Crippen LogP contribution in [0.4, 0.5) is 4.79 Å². The van der Waals surface area contributed by atoms with E-state index in [1.54, 1.807) is 38.1 Å². The first kappa shape index (κ1) is 19.8. The number of amides is 2. The Hall–Kier alpha value is -2.48. The van der Waals surface area contributed by atoms with Gasteiger partial charge in [-0.1, -0.05) is 12.1 Å². The number of ether oxygens (including phenoxy) is 3. The van der Waals surface area contributed by atoms with Gasteiger partial charge < -0.3 is 14.2 Å². The second-order valence-electron chi connectivity index (χ2n) is 5.62. The highest BCUT2D eigenvalue weighted by Crippen LogP contribution is 2.37. The molecule has 2 rings (SSSR count). The van der Waals surface area contributed by atoms with Gasteiger partial charge in [-0.05, 0) is 44.7 Å². The molecule has 2 amide bonds. The molecule has 1 aliphatic rings. The fourth-order valence-corrected chi connectivity index (χ4v) is 3.14. The number of esters is 1. The monoisotopic (exact) mass is 379 g/mol. The van der Waals surface area contributed by atoms with E-state index in [9.17, 15) is 14.4 Å². The van der Waals surface area contributed by atoms with Crippen molar-refractivity contribution >= 4 is 35.0 Å². The third-order valence-corrected chi connectivity index (χ3v) is 4.24. The van der Waals surface area contributed by atoms with Gasteiger partial charge in [0.2, 0.25) is 0 Å². The second kappa shape index (κ2) is 8.75. The predicted octanol–water partition coefficient (Wildman–Crippen LogP) is 3.08. The molecule has 0 aliphatic carbocycles. The van der Waals surface area contributed by atoms with E-state index in [2.05, 4.69) is 0 Å². The molecule has 0 spiro atoms. The van der Waals surface area contributed by atoms with Gasteiger partial charge >= 0.3 is 5.97 Å². The number of imide groups is 1. The number of thioether (sulfide) groups is 1. The number of carbonyl (C=O) groups excluding carboxylic acids is 3. The van der Waals surface area contributed by atoms with E-state index < -0.39 is 23.7 Å². The maximum atomic E-state index is 12.5. The molecule has 0 bridgehead atoms. The number of carbonyl (C=O) groups is 3. The van der Waals surface area contributed by atoms with Crippen LogP contribution in [0.1, 0.15) is 26.3 Å². The molecule has 1 aliphatic heterocycles. The van der Waals surface area contributed by atoms with E-state index in [4.69, 9.17) is 14.2 Å². The Morgan fingerprint density at radius 1 is 1.31 bits per heavy atom. The molecule has 1 fully saturated rings. The summed E-state index contributed by atoms with van der Waals surface area (Å²) in [7, 11) is 1.52. The molecule has 7 nitrogen and oxygen atoms in total. The minimum Gasteiger partial charge on any atom is -0.493 e. The van der Waals surface area contributed by atoms with E-state index in [1.165, 1.54) is 7.11 Å². The first-order valence-electron chi connectivity index (χ1n) is 8.12. The number of methoxy groups -OCH3 is 1. The van der Waals surface area contributed by atoms with Crippen molar-refractivity contribution in [2.24, 2.45) is 0 Å². The van der Waals surface area contributed by atoms with Crippen LogP contribution in [0.25, 0.3) is 6.08 Å². The smallest absolute Gasteiger partial charge is 0.326 e. The lowest BCUT2D eigenvalue weighted by molar-refractivity contribution is -0.149. The highest BCUT2D eigenvalue weighted by atomic mass is 32.2. The van der Waals surface area contributed by atoms with Crippen molar-refractivity contribution in [2.75, 3.05) is 20.3 Å². The number of nitrogens with zero attached hydrogens (tertiary/aromatic N) is 1. The lowest BCUT2D eigenvalue weighted by Gasteiger charge is -2.13. The van der Waals surface area contributed by atoms with Gasteiger partial charge in [0.25, 0.3) is 11.1 Å². The summed E-state index contributed by atoms with van der Waals surface area (Å²) in [5.74, 6) is -0.144. The molecule has 1 aromatic carbocycles. The van der Waals surface area contributed by atoms with Gasteiger partial charge in [0.05, 0.1) is 24.7 Å². The summed E-state index contributed by atoms with van der Waals surface area (Å²) < 4.78 is 15.9. The highest BCUT2D eigenvalue weighted by Gasteiger charge is 2.37. The van der Waals surface area contributed by atoms with Crippen LogP contribution in [0, 0.1) is 0 Å². The van der Waals surface area contributed by atoms with Crippen LogP contribution in [0.3, 0.4) is 0 Å². The van der Waals surface area contributed by atoms with Gasteiger partial charge in [-0.25, -0.2) is 0 Å². The summed E-state index contributed by atoms with van der Waals surface area (Å²) in [5, 5.41) is -0.511. The van der Waals surface area contributed by atoms with Crippen molar-refractivity contribution in [3.8, 4) is 11.5 Å². The quantitative estimate of drug-likeness (QED) is 0.532. The summed E-state index contributed by atoms with van der Waals surface area (Å²) in [6.45, 7) is 5.25. The fourth-order valence-electron chi connectivity index (χ4n) is 2.31. The van der Waals surface area contributed by atoms with Crippen molar-refractivity contribution in [1.29, 1.82) is 0 Å². The van der Waals surface area contributed by atoms with E-state index in [-0.39, 0.29) is 11.0 Å². The molecule has 1 heterocycles. The summed E-state index contributed by atoms with van der Waals surface area (Å²) in [5.41, 5.74) is 0.612. The second-order valence-corrected chi connectivity index (χ2v) is 6.61. The van der Waals surface area contributed by atoms with E-state index in [0.717, 1.165) is 16.7 Å². The topological polar surface area (TPSA) is 82.1 Å². The Labute approximate surface area is 156 Å². The summed E-state index contributed by atoms with van der Waals surface area (Å²) in [6, 6.07) is 5.27. The normalized spacial score (nSPS) is 15.7. The Morgan fingerprint density at radius 2 is 2.04 bits per heavy atom. The minimum atomic E-state index is -0.625. The lowest BCUT2D eigenvalue weighted by atomic mass is 10.1. The van der Waals surface area contributed by atoms with Crippen molar-refractivity contribution < 1.29 is 28.6 Å². The first-order valence-corrected chi connectivity index (χ1v) is 8.93. The standard InChI is InChI=1S/C18H21NO6S/c1-5-24-16-12(7-6-8-13(16)23-4)9-14-17(21)19(18(22)26-14)10-15(20)25-11(2)3/h6-9,11H,5,10H2,1-4H3/b14-9-. The van der Waals surface area contributed by atoms with Crippen LogP contribution in [-0.2, 0) is 14.3 Å². The van der Waals surface area contributed by atoms with Crippen LogP contribution >= 0.6 is 11.8 Å². The molecule has 1 saturated heterocycles. The van der Waals surface area contributed by atoms with Crippen molar-refractivity contribution in [3.05, 3.63) is 28.7 Å². The maximum Gasteiger partial charge on any atom is 0.326 e. The third-order valence-electron chi connectivity index (χ3n) is 3.33. The number of hydrogen-bond acceptors (Lipinski definition) is 7. The summed E-state index contributed by atoms with van der Waals surface area (Å²) in [6.07, 6.45) is 1.25. The molecule has 0 atom stereocenters. The zero-order valence-electron chi connectivity index (χ0n) is 15.1. The maximum absolute atomic E-state index is 12.5. The van der Waals surface area contributed by atoms with Gasteiger partial charge in [0.15, 0.2) is 11.5 Å². The van der Waals surface area contributed by atoms with Crippen molar-refractivity contribution in [2.45, 2.75) is 26.9 Å². The SMILES string of the molecule is CCOc1c(/C=C2\SC(=O)N(CC(=O)OC(C)C)C2=O)cccc1OC. The van der Waals surface area contributed by atoms with Crippen LogP contribution in [-0.4, -0.2) is 48.4 Å². The van der Waals surface area contributed by atoms with Crippen LogP contribution in [0.5, 0.6) is 11.5 Å². The molecular formula is C18H21NO6S. The largest absolute Gasteiger partial charge is 0.493 e. The van der Waals surface area contributed by atoms with Crippen LogP contribution in [0.2, 0.25) is 0 Å².